The van der Waals surface area contributed by atoms with Crippen LogP contribution in [0.1, 0.15) is 42.6 Å². The normalized spacial score (nSPS) is 18.1. The Bertz CT molecular complexity index is 710. The molecule has 0 aliphatic carbocycles. The minimum Gasteiger partial charge on any atom is -0.350 e. The van der Waals surface area contributed by atoms with Crippen molar-refractivity contribution in [3.8, 4) is 0 Å². The van der Waals surface area contributed by atoms with Crippen molar-refractivity contribution in [3.63, 3.8) is 0 Å². The van der Waals surface area contributed by atoms with Crippen molar-refractivity contribution in [1.82, 2.24) is 14.5 Å². The number of hydrogen-bond donors (Lipinski definition) is 1. The second kappa shape index (κ2) is 8.29. The molecule has 0 bridgehead atoms. The molecule has 0 unspecified atom stereocenters. The lowest BCUT2D eigenvalue weighted by Crippen LogP contribution is -2.47. The maximum atomic E-state index is 13.0. The van der Waals surface area contributed by atoms with E-state index < -0.39 is 10.0 Å². The summed E-state index contributed by atoms with van der Waals surface area (Å²) in [5.41, 5.74) is 1.05. The zero-order valence-electron chi connectivity index (χ0n) is 15.6. The molecule has 7 heteroatoms. The molecule has 6 nitrogen and oxygen atoms in total. The van der Waals surface area contributed by atoms with Gasteiger partial charge in [-0.2, -0.15) is 4.31 Å². The van der Waals surface area contributed by atoms with Crippen LogP contribution in [0.25, 0.3) is 0 Å². The third-order valence-corrected chi connectivity index (χ3v) is 6.67. The number of sulfonamides is 1. The summed E-state index contributed by atoms with van der Waals surface area (Å²) in [6.07, 6.45) is 1.88. The van der Waals surface area contributed by atoms with Crippen molar-refractivity contribution in [2.45, 2.75) is 44.6 Å². The predicted octanol–water partition coefficient (Wildman–Crippen LogP) is 1.85. The van der Waals surface area contributed by atoms with E-state index in [1.807, 2.05) is 14.0 Å². The standard InChI is InChI=1S/C18H29N3O3S/c1-5-6-15(3)19-18(22)16-8-7-14(2)17(13-16)25(23,24)21-11-9-20(4)10-12-21/h7-8,13,15H,5-6,9-12H2,1-4H3,(H,19,22)/t15-/m1/s1. The number of benzene rings is 1. The maximum Gasteiger partial charge on any atom is 0.251 e. The second-order valence-electron chi connectivity index (χ2n) is 6.85. The molecule has 1 heterocycles. The number of nitrogens with zero attached hydrogens (tertiary/aromatic N) is 2. The van der Waals surface area contributed by atoms with Crippen LogP contribution in [-0.2, 0) is 10.0 Å². The lowest BCUT2D eigenvalue weighted by Gasteiger charge is -2.32. The molecule has 0 radical (unpaired) electrons. The van der Waals surface area contributed by atoms with E-state index in [9.17, 15) is 13.2 Å². The molecule has 1 atom stereocenters. The van der Waals surface area contributed by atoms with Crippen molar-refractivity contribution in [1.29, 1.82) is 0 Å². The Morgan fingerprint density at radius 1 is 1.24 bits per heavy atom. The van der Waals surface area contributed by atoms with Gasteiger partial charge in [-0.3, -0.25) is 4.79 Å². The minimum atomic E-state index is -3.58. The second-order valence-corrected chi connectivity index (χ2v) is 8.76. The molecule has 1 aromatic rings. The Morgan fingerprint density at radius 3 is 2.48 bits per heavy atom. The lowest BCUT2D eigenvalue weighted by atomic mass is 10.1. The highest BCUT2D eigenvalue weighted by Gasteiger charge is 2.29. The summed E-state index contributed by atoms with van der Waals surface area (Å²) >= 11 is 0. The van der Waals surface area contributed by atoms with Crippen molar-refractivity contribution in [3.05, 3.63) is 29.3 Å². The van der Waals surface area contributed by atoms with Gasteiger partial charge >= 0.3 is 0 Å². The Labute approximate surface area is 151 Å². The molecule has 1 saturated heterocycles. The Kier molecular flexibility index (Phi) is 6.59. The minimum absolute atomic E-state index is 0.0662. The fourth-order valence-electron chi connectivity index (χ4n) is 3.00. The van der Waals surface area contributed by atoms with Crippen LogP contribution < -0.4 is 5.32 Å². The SMILES string of the molecule is CCC[C@@H](C)NC(=O)c1ccc(C)c(S(=O)(=O)N2CCN(C)CC2)c1. The number of nitrogens with one attached hydrogen (secondary N) is 1. The first-order chi connectivity index (χ1) is 11.8. The van der Waals surface area contributed by atoms with Gasteiger partial charge in [-0.1, -0.05) is 19.4 Å². The van der Waals surface area contributed by atoms with Gasteiger partial charge < -0.3 is 10.2 Å². The molecule has 1 aromatic carbocycles. The van der Waals surface area contributed by atoms with E-state index in [4.69, 9.17) is 0 Å². The zero-order valence-corrected chi connectivity index (χ0v) is 16.4. The number of likely N-dealkylation sites (N-methyl/N-ethyl adjacent to an activating group) is 1. The quantitative estimate of drug-likeness (QED) is 0.833. The fraction of sp³-hybridized carbons (Fsp3) is 0.611. The average Bonchev–Trinajstić information content (AvgIpc) is 2.55. The van der Waals surface area contributed by atoms with Gasteiger partial charge in [0.05, 0.1) is 4.90 Å². The highest BCUT2D eigenvalue weighted by molar-refractivity contribution is 7.89. The van der Waals surface area contributed by atoms with Gasteiger partial charge in [-0.15, -0.1) is 0 Å². The van der Waals surface area contributed by atoms with E-state index >= 15 is 0 Å². The molecule has 0 aromatic heterocycles. The van der Waals surface area contributed by atoms with Gasteiger partial charge in [-0.05, 0) is 45.0 Å². The van der Waals surface area contributed by atoms with Crippen molar-refractivity contribution >= 4 is 15.9 Å². The fourth-order valence-corrected chi connectivity index (χ4v) is 4.67. The first-order valence-electron chi connectivity index (χ1n) is 8.86. The number of carbonyl (C=O) groups is 1. The monoisotopic (exact) mass is 367 g/mol. The predicted molar refractivity (Wildman–Crippen MR) is 99.3 cm³/mol. The summed E-state index contributed by atoms with van der Waals surface area (Å²) in [7, 11) is -1.60. The van der Waals surface area contributed by atoms with E-state index in [-0.39, 0.29) is 16.8 Å². The van der Waals surface area contributed by atoms with E-state index in [1.165, 1.54) is 10.4 Å². The van der Waals surface area contributed by atoms with Crippen LogP contribution in [0, 0.1) is 6.92 Å². The Morgan fingerprint density at radius 2 is 1.88 bits per heavy atom. The van der Waals surface area contributed by atoms with Crippen molar-refractivity contribution in [2.75, 3.05) is 33.2 Å². The first-order valence-corrected chi connectivity index (χ1v) is 10.3. The third kappa shape index (κ3) is 4.80. The largest absolute Gasteiger partial charge is 0.350 e. The van der Waals surface area contributed by atoms with Crippen molar-refractivity contribution < 1.29 is 13.2 Å². The van der Waals surface area contributed by atoms with Crippen LogP contribution in [0.4, 0.5) is 0 Å². The molecular weight excluding hydrogens is 338 g/mol. The molecule has 25 heavy (non-hydrogen) atoms. The molecule has 1 amide bonds. The van der Waals surface area contributed by atoms with Gasteiger partial charge in [0.15, 0.2) is 0 Å². The molecule has 1 N–H and O–H groups in total. The van der Waals surface area contributed by atoms with E-state index in [0.29, 0.717) is 37.3 Å². The summed E-state index contributed by atoms with van der Waals surface area (Å²) in [6, 6.07) is 4.97. The van der Waals surface area contributed by atoms with E-state index in [0.717, 1.165) is 12.8 Å². The molecule has 1 fully saturated rings. The number of hydrogen-bond acceptors (Lipinski definition) is 4. The third-order valence-electron chi connectivity index (χ3n) is 4.63. The Balaban J connectivity index is 2.25. The molecule has 0 spiro atoms. The number of aryl methyl sites for hydroxylation is 1. The molecule has 140 valence electrons. The van der Waals surface area contributed by atoms with Gasteiger partial charge in [0.2, 0.25) is 10.0 Å². The van der Waals surface area contributed by atoms with Crippen LogP contribution in [0.5, 0.6) is 0 Å². The van der Waals surface area contributed by atoms with Crippen LogP contribution in [0.2, 0.25) is 0 Å². The van der Waals surface area contributed by atoms with Crippen LogP contribution in [0.15, 0.2) is 23.1 Å². The smallest absolute Gasteiger partial charge is 0.251 e. The topological polar surface area (TPSA) is 69.7 Å². The van der Waals surface area contributed by atoms with E-state index in [2.05, 4.69) is 17.1 Å². The van der Waals surface area contributed by atoms with Gasteiger partial charge in [0, 0.05) is 37.8 Å². The number of carbonyl (C=O) groups excluding carboxylic acids is 1. The number of rotatable bonds is 6. The molecule has 0 saturated carbocycles. The highest BCUT2D eigenvalue weighted by Crippen LogP contribution is 2.22. The zero-order chi connectivity index (χ0) is 18.6. The van der Waals surface area contributed by atoms with Crippen LogP contribution >= 0.6 is 0 Å². The molecular formula is C18H29N3O3S. The lowest BCUT2D eigenvalue weighted by molar-refractivity contribution is 0.0938. The van der Waals surface area contributed by atoms with Crippen molar-refractivity contribution in [2.24, 2.45) is 0 Å². The summed E-state index contributed by atoms with van der Waals surface area (Å²) in [6.45, 7) is 8.17. The van der Waals surface area contributed by atoms with Gasteiger partial charge in [0.25, 0.3) is 5.91 Å². The van der Waals surface area contributed by atoms with E-state index in [1.54, 1.807) is 19.1 Å². The maximum absolute atomic E-state index is 13.0. The molecule has 1 aliphatic rings. The summed E-state index contributed by atoms with van der Waals surface area (Å²) in [5, 5.41) is 2.93. The highest BCUT2D eigenvalue weighted by atomic mass is 32.2. The van der Waals surface area contributed by atoms with Crippen LogP contribution in [0.3, 0.4) is 0 Å². The summed E-state index contributed by atoms with van der Waals surface area (Å²) in [5.74, 6) is -0.226. The molecule has 1 aliphatic heterocycles. The number of amides is 1. The average molecular weight is 368 g/mol. The first kappa shape index (κ1) is 19.9. The van der Waals surface area contributed by atoms with Crippen LogP contribution in [-0.4, -0.2) is 62.8 Å². The number of piperazine rings is 1. The van der Waals surface area contributed by atoms with Gasteiger partial charge in [-0.25, -0.2) is 8.42 Å². The Hall–Kier alpha value is -1.44. The summed E-state index contributed by atoms with van der Waals surface area (Å²) in [4.78, 5) is 14.8. The molecule has 2 rings (SSSR count). The summed E-state index contributed by atoms with van der Waals surface area (Å²) < 4.78 is 27.5. The van der Waals surface area contributed by atoms with Gasteiger partial charge in [0.1, 0.15) is 0 Å².